The van der Waals surface area contributed by atoms with Gasteiger partial charge >= 0.3 is 0 Å². The second kappa shape index (κ2) is 5.57. The lowest BCUT2D eigenvalue weighted by Crippen LogP contribution is -1.95. The molecule has 21 heavy (non-hydrogen) atoms. The van der Waals surface area contributed by atoms with Crippen LogP contribution in [0.25, 0.3) is 10.8 Å². The average Bonchev–Trinajstić information content (AvgIpc) is 3.16. The van der Waals surface area contributed by atoms with Gasteiger partial charge in [-0.2, -0.15) is 10.1 Å². The van der Waals surface area contributed by atoms with Gasteiger partial charge < -0.3 is 4.52 Å². The van der Waals surface area contributed by atoms with Crippen LogP contribution in [0.2, 0.25) is 0 Å². The highest BCUT2D eigenvalue weighted by Crippen LogP contribution is 2.26. The number of aromatic nitrogens is 6. The Kier molecular flexibility index (Phi) is 3.77. The monoisotopic (exact) mass is 322 g/mol. The van der Waals surface area contributed by atoms with Crippen LogP contribution in [0.15, 0.2) is 8.86 Å². The van der Waals surface area contributed by atoms with Gasteiger partial charge in [-0.05, 0) is 20.1 Å². The maximum Gasteiger partial charge on any atom is 0.233 e. The summed E-state index contributed by atoms with van der Waals surface area (Å²) in [6, 6.07) is 0. The summed E-state index contributed by atoms with van der Waals surface area (Å²) >= 11 is 3.00. The molecule has 0 unspecified atom stereocenters. The van der Waals surface area contributed by atoms with Gasteiger partial charge in [0.15, 0.2) is 9.35 Å². The summed E-state index contributed by atoms with van der Waals surface area (Å²) in [6.07, 6.45) is 2.53. The van der Waals surface area contributed by atoms with E-state index in [1.54, 1.807) is 11.8 Å². The molecule has 3 aromatic rings. The SMILES string of the molecule is CSc1nnc(-c2noc(Cc3c(C)nn(C)c3C)n2)s1. The van der Waals surface area contributed by atoms with E-state index in [2.05, 4.69) is 25.4 Å². The first kappa shape index (κ1) is 14.2. The molecular weight excluding hydrogens is 308 g/mol. The molecule has 0 aromatic carbocycles. The number of hydrogen-bond donors (Lipinski definition) is 0. The molecule has 3 rings (SSSR count). The predicted octanol–water partition coefficient (Wildman–Crippen LogP) is 2.25. The summed E-state index contributed by atoms with van der Waals surface area (Å²) in [5.41, 5.74) is 3.21. The molecule has 0 aliphatic heterocycles. The third-order valence-corrected chi connectivity index (χ3v) is 5.12. The van der Waals surface area contributed by atoms with Crippen molar-refractivity contribution in [1.82, 2.24) is 30.1 Å². The quantitative estimate of drug-likeness (QED) is 0.681. The number of aryl methyl sites for hydroxylation is 2. The third kappa shape index (κ3) is 2.70. The molecule has 0 saturated heterocycles. The first-order valence-electron chi connectivity index (χ1n) is 6.28. The Labute approximate surface area is 129 Å². The molecule has 0 saturated carbocycles. The fourth-order valence-corrected chi connectivity index (χ4v) is 3.22. The summed E-state index contributed by atoms with van der Waals surface area (Å²) in [4.78, 5) is 4.40. The van der Waals surface area contributed by atoms with Gasteiger partial charge in [-0.3, -0.25) is 4.68 Å². The smallest absolute Gasteiger partial charge is 0.233 e. The molecule has 3 heterocycles. The van der Waals surface area contributed by atoms with Crippen LogP contribution in [0, 0.1) is 13.8 Å². The van der Waals surface area contributed by atoms with E-state index in [0.717, 1.165) is 21.3 Å². The van der Waals surface area contributed by atoms with E-state index in [9.17, 15) is 0 Å². The van der Waals surface area contributed by atoms with Crippen LogP contribution in [-0.2, 0) is 13.5 Å². The summed E-state index contributed by atoms with van der Waals surface area (Å²) in [7, 11) is 1.93. The van der Waals surface area contributed by atoms with Crippen LogP contribution < -0.4 is 0 Å². The molecule has 0 spiro atoms. The predicted molar refractivity (Wildman–Crippen MR) is 80.5 cm³/mol. The molecular formula is C12H14N6OS2. The van der Waals surface area contributed by atoms with Gasteiger partial charge in [0.1, 0.15) is 0 Å². The minimum Gasteiger partial charge on any atom is -0.339 e. The second-order valence-electron chi connectivity index (χ2n) is 4.54. The van der Waals surface area contributed by atoms with Crippen molar-refractivity contribution in [2.45, 2.75) is 24.6 Å². The minimum absolute atomic E-state index is 0.488. The van der Waals surface area contributed by atoms with Crippen LogP contribution in [-0.4, -0.2) is 36.4 Å². The van der Waals surface area contributed by atoms with E-state index in [1.165, 1.54) is 11.3 Å². The Balaban J connectivity index is 1.85. The van der Waals surface area contributed by atoms with Gasteiger partial charge in [0.25, 0.3) is 0 Å². The molecule has 0 radical (unpaired) electrons. The van der Waals surface area contributed by atoms with Gasteiger partial charge in [-0.15, -0.1) is 10.2 Å². The lowest BCUT2D eigenvalue weighted by Gasteiger charge is -1.97. The Morgan fingerprint density at radius 1 is 1.29 bits per heavy atom. The molecule has 9 heteroatoms. The summed E-state index contributed by atoms with van der Waals surface area (Å²) in [5.74, 6) is 1.05. The summed E-state index contributed by atoms with van der Waals surface area (Å²) < 4.78 is 8.06. The zero-order chi connectivity index (χ0) is 15.0. The molecule has 7 nitrogen and oxygen atoms in total. The molecule has 0 aliphatic rings. The molecule has 0 bridgehead atoms. The minimum atomic E-state index is 0.488. The second-order valence-corrected chi connectivity index (χ2v) is 6.57. The molecule has 0 amide bonds. The zero-order valence-corrected chi connectivity index (χ0v) is 13.7. The van der Waals surface area contributed by atoms with Gasteiger partial charge in [0.2, 0.25) is 11.7 Å². The standard InChI is InChI=1S/C12H14N6OS2/c1-6-8(7(2)18(3)16-6)5-9-13-10(17-19-9)11-14-15-12(20-4)21-11/h5H2,1-4H3. The Bertz CT molecular complexity index is 775. The van der Waals surface area contributed by atoms with Crippen molar-refractivity contribution >= 4 is 23.1 Å². The van der Waals surface area contributed by atoms with Crippen molar-refractivity contribution in [2.75, 3.05) is 6.26 Å². The lowest BCUT2D eigenvalue weighted by molar-refractivity contribution is 0.385. The van der Waals surface area contributed by atoms with Gasteiger partial charge in [-0.1, -0.05) is 28.3 Å². The highest BCUT2D eigenvalue weighted by molar-refractivity contribution is 8.00. The highest BCUT2D eigenvalue weighted by Gasteiger charge is 2.17. The highest BCUT2D eigenvalue weighted by atomic mass is 32.2. The number of hydrogen-bond acceptors (Lipinski definition) is 8. The van der Waals surface area contributed by atoms with E-state index in [0.29, 0.717) is 23.1 Å². The van der Waals surface area contributed by atoms with Crippen molar-refractivity contribution in [3.05, 3.63) is 22.8 Å². The van der Waals surface area contributed by atoms with Crippen molar-refractivity contribution < 1.29 is 4.52 Å². The Morgan fingerprint density at radius 3 is 2.71 bits per heavy atom. The molecule has 0 atom stereocenters. The fourth-order valence-electron chi connectivity index (χ4n) is 2.02. The van der Waals surface area contributed by atoms with Crippen LogP contribution in [0.5, 0.6) is 0 Å². The summed E-state index contributed by atoms with van der Waals surface area (Å²) in [5, 5.41) is 17.1. The van der Waals surface area contributed by atoms with E-state index in [1.807, 2.05) is 31.8 Å². The van der Waals surface area contributed by atoms with Crippen LogP contribution in [0.1, 0.15) is 22.8 Å². The maximum atomic E-state index is 5.32. The van der Waals surface area contributed by atoms with Gasteiger partial charge in [-0.25, -0.2) is 0 Å². The normalized spacial score (nSPS) is 11.2. The van der Waals surface area contributed by atoms with Crippen molar-refractivity contribution in [3.63, 3.8) is 0 Å². The van der Waals surface area contributed by atoms with Gasteiger partial charge in [0.05, 0.1) is 12.1 Å². The zero-order valence-electron chi connectivity index (χ0n) is 12.1. The van der Waals surface area contributed by atoms with Gasteiger partial charge in [0, 0.05) is 18.3 Å². The maximum absolute atomic E-state index is 5.32. The van der Waals surface area contributed by atoms with E-state index in [-0.39, 0.29) is 0 Å². The largest absolute Gasteiger partial charge is 0.339 e. The van der Waals surface area contributed by atoms with Crippen molar-refractivity contribution in [1.29, 1.82) is 0 Å². The van der Waals surface area contributed by atoms with Crippen LogP contribution in [0.3, 0.4) is 0 Å². The molecule has 110 valence electrons. The van der Waals surface area contributed by atoms with Crippen molar-refractivity contribution in [3.8, 4) is 10.8 Å². The average molecular weight is 322 g/mol. The molecule has 3 aromatic heterocycles. The van der Waals surface area contributed by atoms with Crippen LogP contribution >= 0.6 is 23.1 Å². The Morgan fingerprint density at radius 2 is 2.10 bits per heavy atom. The first-order chi connectivity index (χ1) is 10.1. The van der Waals surface area contributed by atoms with E-state index < -0.39 is 0 Å². The lowest BCUT2D eigenvalue weighted by atomic mass is 10.1. The molecule has 0 N–H and O–H groups in total. The topological polar surface area (TPSA) is 82.5 Å². The molecule has 0 aliphatic carbocycles. The molecule has 0 fully saturated rings. The van der Waals surface area contributed by atoms with E-state index >= 15 is 0 Å². The number of nitrogens with zero attached hydrogens (tertiary/aromatic N) is 6. The summed E-state index contributed by atoms with van der Waals surface area (Å²) in [6.45, 7) is 4.01. The Hall–Kier alpha value is -1.74. The van der Waals surface area contributed by atoms with Crippen molar-refractivity contribution in [2.24, 2.45) is 7.05 Å². The number of thioether (sulfide) groups is 1. The van der Waals surface area contributed by atoms with E-state index in [4.69, 9.17) is 4.52 Å². The number of rotatable bonds is 4. The van der Waals surface area contributed by atoms with Crippen LogP contribution in [0.4, 0.5) is 0 Å². The third-order valence-electron chi connectivity index (χ3n) is 3.23. The first-order valence-corrected chi connectivity index (χ1v) is 8.32. The fraction of sp³-hybridized carbons (Fsp3) is 0.417.